The van der Waals surface area contributed by atoms with Gasteiger partial charge in [-0.15, -0.1) is 0 Å². The molecule has 0 amide bonds. The number of pyridine rings is 1. The summed E-state index contributed by atoms with van der Waals surface area (Å²) in [6.07, 6.45) is 8.66. The van der Waals surface area contributed by atoms with Crippen molar-refractivity contribution in [2.75, 3.05) is 7.05 Å². The van der Waals surface area contributed by atoms with Crippen LogP contribution in [-0.2, 0) is 6.42 Å². The van der Waals surface area contributed by atoms with Crippen molar-refractivity contribution in [2.24, 2.45) is 15.9 Å². The number of allylic oxidation sites excluding steroid dienone is 2. The summed E-state index contributed by atoms with van der Waals surface area (Å²) in [4.78, 5) is 17.4. The molecule has 5 aromatic rings. The molecule has 0 aliphatic carbocycles. The first-order chi connectivity index (χ1) is 21.4. The highest BCUT2D eigenvalue weighted by Crippen LogP contribution is 2.28. The second kappa shape index (κ2) is 12.6. The van der Waals surface area contributed by atoms with E-state index in [1.807, 2.05) is 24.4 Å². The molecule has 4 aromatic carbocycles. The monoisotopic (exact) mass is 574 g/mol. The number of aromatic nitrogens is 1. The van der Waals surface area contributed by atoms with Crippen LogP contribution < -0.4 is 0 Å². The number of amidine groups is 2. The topological polar surface area (TPSA) is 40.9 Å². The van der Waals surface area contributed by atoms with Crippen LogP contribution in [0.15, 0.2) is 132 Å². The molecule has 0 bridgehead atoms. The van der Waals surface area contributed by atoms with Gasteiger partial charge in [0.05, 0.1) is 5.52 Å². The summed E-state index contributed by atoms with van der Waals surface area (Å²) in [5, 5.41) is 1.14. The van der Waals surface area contributed by atoms with Gasteiger partial charge in [-0.3, -0.25) is 4.98 Å². The Balaban J connectivity index is 1.37. The summed E-state index contributed by atoms with van der Waals surface area (Å²) in [7, 11) is 2.12. The van der Waals surface area contributed by atoms with Gasteiger partial charge in [0.25, 0.3) is 0 Å². The zero-order chi connectivity index (χ0) is 30.6. The van der Waals surface area contributed by atoms with E-state index in [0.717, 1.165) is 56.8 Å². The van der Waals surface area contributed by atoms with Crippen LogP contribution in [0.4, 0.5) is 0 Å². The van der Waals surface area contributed by atoms with Crippen molar-refractivity contribution in [2.45, 2.75) is 33.4 Å². The highest BCUT2D eigenvalue weighted by molar-refractivity contribution is 6.13. The zero-order valence-corrected chi connectivity index (χ0v) is 25.9. The number of fused-ring (bicyclic) bond motifs is 1. The Morgan fingerprint density at radius 3 is 2.32 bits per heavy atom. The van der Waals surface area contributed by atoms with Gasteiger partial charge in [0, 0.05) is 41.2 Å². The van der Waals surface area contributed by atoms with E-state index in [2.05, 4.69) is 135 Å². The van der Waals surface area contributed by atoms with Crippen LogP contribution in [0.25, 0.3) is 28.1 Å². The summed E-state index contributed by atoms with van der Waals surface area (Å²) < 4.78 is 0. The quantitative estimate of drug-likeness (QED) is 0.174. The molecule has 1 aliphatic heterocycles. The Labute approximate surface area is 260 Å². The lowest BCUT2D eigenvalue weighted by Gasteiger charge is -2.36. The largest absolute Gasteiger partial charge is 0.337 e. The molecule has 0 saturated carbocycles. The smallest absolute Gasteiger partial charge is 0.159 e. The van der Waals surface area contributed by atoms with Crippen LogP contribution in [0.5, 0.6) is 0 Å². The van der Waals surface area contributed by atoms with Gasteiger partial charge in [0.15, 0.2) is 5.84 Å². The van der Waals surface area contributed by atoms with E-state index in [0.29, 0.717) is 0 Å². The third-order valence-electron chi connectivity index (χ3n) is 8.52. The fraction of sp³-hybridized carbons (Fsp3) is 0.175. The zero-order valence-electron chi connectivity index (χ0n) is 25.9. The molecule has 0 spiro atoms. The molecule has 2 heterocycles. The van der Waals surface area contributed by atoms with Crippen LogP contribution in [0.2, 0.25) is 0 Å². The van der Waals surface area contributed by atoms with Gasteiger partial charge >= 0.3 is 0 Å². The highest BCUT2D eigenvalue weighted by Gasteiger charge is 2.30. The molecule has 6 rings (SSSR count). The minimum absolute atomic E-state index is 0.0675. The summed E-state index contributed by atoms with van der Waals surface area (Å²) in [6.45, 7) is 10.4. The lowest BCUT2D eigenvalue weighted by Crippen LogP contribution is -2.44. The first-order valence-electron chi connectivity index (χ1n) is 15.2. The number of hydrogen-bond donors (Lipinski definition) is 0. The van der Waals surface area contributed by atoms with Crippen LogP contribution >= 0.6 is 0 Å². The minimum atomic E-state index is -0.0675. The van der Waals surface area contributed by atoms with Crippen molar-refractivity contribution in [1.29, 1.82) is 0 Å². The maximum Gasteiger partial charge on any atom is 0.159 e. The van der Waals surface area contributed by atoms with E-state index in [9.17, 15) is 0 Å². The SMILES string of the molecule is C=C/C=C\c1ccc(C2=NC(C(C)Cc3ccccc3C)N(C)C(c3ccc(-c4cnc5ccccc5c4)cc3)=N2)cc1C. The van der Waals surface area contributed by atoms with Crippen molar-refractivity contribution in [1.82, 2.24) is 9.88 Å². The number of benzene rings is 4. The van der Waals surface area contributed by atoms with E-state index in [4.69, 9.17) is 9.98 Å². The predicted octanol–water partition coefficient (Wildman–Crippen LogP) is 9.06. The second-order valence-electron chi connectivity index (χ2n) is 11.7. The van der Waals surface area contributed by atoms with E-state index < -0.39 is 0 Å². The Morgan fingerprint density at radius 1 is 0.818 bits per heavy atom. The third-order valence-corrected chi connectivity index (χ3v) is 8.52. The van der Waals surface area contributed by atoms with Gasteiger partial charge in [-0.1, -0.05) is 111 Å². The summed E-state index contributed by atoms with van der Waals surface area (Å²) in [5.41, 5.74) is 10.3. The van der Waals surface area contributed by atoms with Crippen LogP contribution in [0, 0.1) is 19.8 Å². The second-order valence-corrected chi connectivity index (χ2v) is 11.7. The molecule has 1 aliphatic rings. The highest BCUT2D eigenvalue weighted by atomic mass is 15.3. The Kier molecular flexibility index (Phi) is 8.33. The van der Waals surface area contributed by atoms with E-state index in [1.165, 1.54) is 16.7 Å². The number of nitrogens with zero attached hydrogens (tertiary/aromatic N) is 4. The number of aryl methyl sites for hydroxylation is 2. The average Bonchev–Trinajstić information content (AvgIpc) is 3.05. The number of rotatable bonds is 8. The Bertz CT molecular complexity index is 1910. The van der Waals surface area contributed by atoms with Crippen molar-refractivity contribution in [3.05, 3.63) is 155 Å². The first-order valence-corrected chi connectivity index (χ1v) is 15.2. The predicted molar refractivity (Wildman–Crippen MR) is 186 cm³/mol. The van der Waals surface area contributed by atoms with E-state index in [-0.39, 0.29) is 12.1 Å². The maximum absolute atomic E-state index is 5.27. The number of para-hydroxylation sites is 1. The molecule has 2 unspecified atom stereocenters. The molecule has 4 heteroatoms. The van der Waals surface area contributed by atoms with Gasteiger partial charge < -0.3 is 4.90 Å². The number of aliphatic imine (C=N–C) groups is 2. The van der Waals surface area contributed by atoms with Crippen molar-refractivity contribution >= 4 is 28.7 Å². The van der Waals surface area contributed by atoms with Crippen molar-refractivity contribution in [3.8, 4) is 11.1 Å². The van der Waals surface area contributed by atoms with Crippen LogP contribution in [0.3, 0.4) is 0 Å². The summed E-state index contributed by atoms with van der Waals surface area (Å²) in [5.74, 6) is 1.96. The van der Waals surface area contributed by atoms with E-state index >= 15 is 0 Å². The van der Waals surface area contributed by atoms with Gasteiger partial charge in [-0.25, -0.2) is 9.98 Å². The maximum atomic E-state index is 5.27. The molecule has 44 heavy (non-hydrogen) atoms. The summed E-state index contributed by atoms with van der Waals surface area (Å²) in [6, 6.07) is 34.2. The van der Waals surface area contributed by atoms with Gasteiger partial charge in [0.2, 0.25) is 0 Å². The lowest BCUT2D eigenvalue weighted by molar-refractivity contribution is 0.276. The van der Waals surface area contributed by atoms with Crippen molar-refractivity contribution < 1.29 is 0 Å². The molecular formula is C40H38N4. The number of hydrogen-bond acceptors (Lipinski definition) is 4. The Morgan fingerprint density at radius 2 is 1.55 bits per heavy atom. The van der Waals surface area contributed by atoms with Gasteiger partial charge in [0.1, 0.15) is 12.0 Å². The van der Waals surface area contributed by atoms with Crippen LogP contribution in [-0.4, -0.2) is 34.8 Å². The fourth-order valence-corrected chi connectivity index (χ4v) is 5.97. The summed E-state index contributed by atoms with van der Waals surface area (Å²) >= 11 is 0. The van der Waals surface area contributed by atoms with Gasteiger partial charge in [-0.2, -0.15) is 0 Å². The molecular weight excluding hydrogens is 536 g/mol. The molecule has 1 aromatic heterocycles. The molecule has 4 nitrogen and oxygen atoms in total. The average molecular weight is 575 g/mol. The first kappa shape index (κ1) is 29.0. The standard InChI is InChI=1S/C40H38N4/c1-6-7-13-30-17-22-35(23-28(30)3)38-42-39(29(4)24-33-14-9-8-12-27(33)2)44(5)40(43-38)32-20-18-31(19-21-32)36-25-34-15-10-11-16-37(34)41-26-36/h6-23,25-26,29,39H,1,24H2,2-5H3/b13-7-. The third kappa shape index (κ3) is 6.02. The van der Waals surface area contributed by atoms with Crippen molar-refractivity contribution in [3.63, 3.8) is 0 Å². The molecule has 0 saturated heterocycles. The minimum Gasteiger partial charge on any atom is -0.337 e. The normalized spacial score (nSPS) is 15.7. The Hall–Kier alpha value is -5.09. The fourth-order valence-electron chi connectivity index (χ4n) is 5.97. The molecule has 0 radical (unpaired) electrons. The lowest BCUT2D eigenvalue weighted by atomic mass is 9.94. The van der Waals surface area contributed by atoms with Crippen LogP contribution in [0.1, 0.15) is 40.3 Å². The molecule has 218 valence electrons. The molecule has 0 N–H and O–H groups in total. The molecule has 2 atom stereocenters. The molecule has 0 fully saturated rings. The van der Waals surface area contributed by atoms with E-state index in [1.54, 1.807) is 6.08 Å². The van der Waals surface area contributed by atoms with Gasteiger partial charge in [-0.05, 0) is 66.3 Å².